The normalized spacial score (nSPS) is 31.6. The average Bonchev–Trinajstić information content (AvgIpc) is 3.87. The van der Waals surface area contributed by atoms with Gasteiger partial charge in [0.1, 0.15) is 0 Å². The molecule has 8 aliphatic heterocycles. The Labute approximate surface area is 346 Å². The number of nitrogens with one attached hydrogen (secondary N) is 1. The lowest BCUT2D eigenvalue weighted by atomic mass is 9.77. The number of likely N-dealkylation sites (tertiary alicyclic amines) is 3. The minimum Gasteiger partial charge on any atom is -0.450 e. The second-order valence-electron chi connectivity index (χ2n) is 17.9. The molecule has 4 unspecified atom stereocenters. The van der Waals surface area contributed by atoms with E-state index in [9.17, 15) is 19.2 Å². The monoisotopic (exact) mass is 850 g/mol. The first-order chi connectivity index (χ1) is 26.6. The molecule has 1 N–H and O–H groups in total. The number of nitrogens with zero attached hydrogens (tertiary/aromatic N) is 5. The van der Waals surface area contributed by atoms with E-state index in [-0.39, 0.29) is 36.4 Å². The van der Waals surface area contributed by atoms with Gasteiger partial charge in [-0.15, -0.1) is 0 Å². The van der Waals surface area contributed by atoms with Crippen molar-refractivity contribution in [2.45, 2.75) is 174 Å². The predicted molar refractivity (Wildman–Crippen MR) is 224 cm³/mol. The standard InChI is InChI=1S/C21H35N3O3.C18H29N3O3.C3H7Br.CH4/c1-3-9-23-15-21(14-19(23)25)7-10-22(11-8-21)18-12-16-5-6-17(13-18)24(16)20(26)27-4-2;1-2-24-17(23)21-13-3-4-14(21)10-15(9-13)20-7-5-18(6-8-20)11-16(22)19-12-18;1-2-3-4;/h16-18H,3-15H2,1-2H3;13-15H,2-12H2,1H3,(H,19,22);2-3H2,1H3;1H4. The first kappa shape index (κ1) is 45.0. The topological polar surface area (TPSA) is 115 Å². The van der Waals surface area contributed by atoms with Crippen molar-refractivity contribution in [3.05, 3.63) is 0 Å². The number of carbonyl (C=O) groups is 4. The first-order valence-electron chi connectivity index (χ1n) is 22.1. The molecule has 0 radical (unpaired) electrons. The second-order valence-corrected chi connectivity index (χ2v) is 18.7. The number of hydrogen-bond acceptors (Lipinski definition) is 8. The fourth-order valence-electron chi connectivity index (χ4n) is 11.5. The molecule has 4 bridgehead atoms. The lowest BCUT2D eigenvalue weighted by Gasteiger charge is -2.47. The number of alkyl halides is 1. The van der Waals surface area contributed by atoms with Crippen molar-refractivity contribution in [1.82, 2.24) is 29.8 Å². The summed E-state index contributed by atoms with van der Waals surface area (Å²) in [6, 6.07) is 2.62. The molecule has 0 aromatic heterocycles. The van der Waals surface area contributed by atoms with Crippen LogP contribution in [0.5, 0.6) is 0 Å². The summed E-state index contributed by atoms with van der Waals surface area (Å²) in [5, 5.41) is 4.15. The Morgan fingerprint density at radius 1 is 0.679 bits per heavy atom. The SMILES string of the molecule is C.CCCBr.CCCN1CC2(CCN(C3CC4CCC(C3)N4C(=O)OCC)CC2)CC1=O.CCOC(=O)N1C2CCC1CC(N1CCC3(CC1)CNC(=O)C3)C2. The molecular formula is C43H75BrN6O6. The zero-order chi connectivity index (χ0) is 39.2. The van der Waals surface area contributed by atoms with Gasteiger partial charge in [0.2, 0.25) is 11.8 Å². The summed E-state index contributed by atoms with van der Waals surface area (Å²) in [6.07, 6.45) is 16.9. The molecule has 4 atom stereocenters. The lowest BCUT2D eigenvalue weighted by molar-refractivity contribution is -0.128. The summed E-state index contributed by atoms with van der Waals surface area (Å²) in [7, 11) is 0. The average molecular weight is 852 g/mol. The molecule has 13 heteroatoms. The van der Waals surface area contributed by atoms with Gasteiger partial charge in [0.25, 0.3) is 0 Å². The van der Waals surface area contributed by atoms with Crippen molar-refractivity contribution in [3.8, 4) is 0 Å². The third kappa shape index (κ3) is 10.2. The Balaban J connectivity index is 0.000000194. The van der Waals surface area contributed by atoms with Crippen molar-refractivity contribution in [2.75, 3.05) is 64.4 Å². The van der Waals surface area contributed by atoms with Crippen LogP contribution in [0.25, 0.3) is 0 Å². The molecule has 8 fully saturated rings. The van der Waals surface area contributed by atoms with Crippen molar-refractivity contribution >= 4 is 39.9 Å². The van der Waals surface area contributed by atoms with Gasteiger partial charge in [0.05, 0.1) is 13.2 Å². The van der Waals surface area contributed by atoms with Crippen LogP contribution in [0.15, 0.2) is 0 Å². The van der Waals surface area contributed by atoms with Crippen LogP contribution in [-0.2, 0) is 19.1 Å². The minimum absolute atomic E-state index is 0. The Kier molecular flexibility index (Phi) is 16.2. The van der Waals surface area contributed by atoms with Crippen LogP contribution >= 0.6 is 15.9 Å². The minimum atomic E-state index is -0.114. The van der Waals surface area contributed by atoms with Crippen molar-refractivity contribution < 1.29 is 28.7 Å². The van der Waals surface area contributed by atoms with Gasteiger partial charge in [-0.3, -0.25) is 9.59 Å². The van der Waals surface area contributed by atoms with Crippen LogP contribution in [0.2, 0.25) is 0 Å². The van der Waals surface area contributed by atoms with E-state index < -0.39 is 0 Å². The zero-order valence-electron chi connectivity index (χ0n) is 34.4. The molecule has 4 amide bonds. The predicted octanol–water partition coefficient (Wildman–Crippen LogP) is 7.03. The van der Waals surface area contributed by atoms with Gasteiger partial charge in [-0.2, -0.15) is 0 Å². The number of hydrogen-bond donors (Lipinski definition) is 1. The number of piperidine rings is 4. The summed E-state index contributed by atoms with van der Waals surface area (Å²) in [5.74, 6) is 0.593. The molecule has 12 nitrogen and oxygen atoms in total. The number of amides is 4. The molecule has 8 heterocycles. The number of ether oxygens (including phenoxy) is 2. The van der Waals surface area contributed by atoms with E-state index in [2.05, 4.69) is 49.8 Å². The van der Waals surface area contributed by atoms with Crippen LogP contribution in [0.4, 0.5) is 9.59 Å². The van der Waals surface area contributed by atoms with E-state index in [0.717, 1.165) is 141 Å². The Morgan fingerprint density at radius 3 is 1.46 bits per heavy atom. The molecule has 0 aromatic rings. The quantitative estimate of drug-likeness (QED) is 0.272. The van der Waals surface area contributed by atoms with Crippen LogP contribution in [0, 0.1) is 10.8 Å². The first-order valence-corrected chi connectivity index (χ1v) is 23.2. The van der Waals surface area contributed by atoms with Crippen LogP contribution in [0.3, 0.4) is 0 Å². The molecule has 0 aromatic carbocycles. The summed E-state index contributed by atoms with van der Waals surface area (Å²) in [5.41, 5.74) is 0.450. The van der Waals surface area contributed by atoms with Crippen LogP contribution in [0.1, 0.15) is 138 Å². The molecule has 320 valence electrons. The number of rotatable bonds is 7. The van der Waals surface area contributed by atoms with Crippen LogP contribution < -0.4 is 5.32 Å². The van der Waals surface area contributed by atoms with Crippen molar-refractivity contribution in [3.63, 3.8) is 0 Å². The van der Waals surface area contributed by atoms with E-state index >= 15 is 0 Å². The van der Waals surface area contributed by atoms with E-state index in [0.29, 0.717) is 61.8 Å². The van der Waals surface area contributed by atoms with Gasteiger partial charge in [-0.1, -0.05) is 37.2 Å². The van der Waals surface area contributed by atoms with Gasteiger partial charge in [-0.05, 0) is 141 Å². The molecule has 0 aliphatic carbocycles. The Morgan fingerprint density at radius 2 is 1.11 bits per heavy atom. The van der Waals surface area contributed by atoms with Gasteiger partial charge in [0.15, 0.2) is 0 Å². The highest BCUT2D eigenvalue weighted by Gasteiger charge is 2.50. The Bertz CT molecular complexity index is 1290. The summed E-state index contributed by atoms with van der Waals surface area (Å²) in [4.78, 5) is 59.8. The highest BCUT2D eigenvalue weighted by atomic mass is 79.9. The number of halogens is 1. The van der Waals surface area contributed by atoms with Gasteiger partial charge >= 0.3 is 12.2 Å². The molecule has 0 saturated carbocycles. The van der Waals surface area contributed by atoms with E-state index in [4.69, 9.17) is 9.47 Å². The number of carbonyl (C=O) groups excluding carboxylic acids is 4. The summed E-state index contributed by atoms with van der Waals surface area (Å²) >= 11 is 3.25. The molecule has 2 spiro atoms. The van der Waals surface area contributed by atoms with Crippen molar-refractivity contribution in [1.29, 1.82) is 0 Å². The van der Waals surface area contributed by atoms with E-state index in [1.807, 2.05) is 23.6 Å². The van der Waals surface area contributed by atoms with Gasteiger partial charge in [-0.25, -0.2) is 9.59 Å². The summed E-state index contributed by atoms with van der Waals surface area (Å²) < 4.78 is 10.5. The second kappa shape index (κ2) is 20.2. The zero-order valence-corrected chi connectivity index (χ0v) is 36.0. The summed E-state index contributed by atoms with van der Waals surface area (Å²) in [6.45, 7) is 16.1. The fourth-order valence-corrected chi connectivity index (χ4v) is 11.5. The molecule has 8 saturated heterocycles. The highest BCUT2D eigenvalue weighted by Crippen LogP contribution is 2.45. The maximum Gasteiger partial charge on any atom is 0.410 e. The molecule has 8 aliphatic rings. The third-order valence-electron chi connectivity index (χ3n) is 14.4. The lowest BCUT2D eigenvalue weighted by Crippen LogP contribution is -2.55. The molecule has 8 rings (SSSR count). The van der Waals surface area contributed by atoms with Crippen LogP contribution in [-0.4, -0.2) is 149 Å². The fraction of sp³-hybridized carbons (Fsp3) is 0.907. The van der Waals surface area contributed by atoms with Crippen molar-refractivity contribution in [2.24, 2.45) is 10.8 Å². The van der Waals surface area contributed by atoms with E-state index in [1.165, 1.54) is 6.42 Å². The van der Waals surface area contributed by atoms with Gasteiger partial charge in [0, 0.05) is 74.1 Å². The number of fused-ring (bicyclic) bond motifs is 4. The van der Waals surface area contributed by atoms with E-state index in [1.54, 1.807) is 0 Å². The molecule has 56 heavy (non-hydrogen) atoms. The smallest absolute Gasteiger partial charge is 0.410 e. The largest absolute Gasteiger partial charge is 0.450 e. The third-order valence-corrected chi connectivity index (χ3v) is 15.2. The molecular weight excluding hydrogens is 776 g/mol. The highest BCUT2D eigenvalue weighted by molar-refractivity contribution is 9.09. The Hall–Kier alpha value is -2.12. The van der Waals surface area contributed by atoms with Gasteiger partial charge < -0.3 is 39.3 Å². The maximum atomic E-state index is 12.3. The maximum absolute atomic E-state index is 12.3.